The third kappa shape index (κ3) is 6.09. The van der Waals surface area contributed by atoms with Gasteiger partial charge in [0.15, 0.2) is 0 Å². The molecule has 0 unspecified atom stereocenters. The number of likely N-dealkylation sites (tertiary alicyclic amines) is 1. The van der Waals surface area contributed by atoms with Crippen LogP contribution in [0.4, 0.5) is 4.79 Å². The van der Waals surface area contributed by atoms with Gasteiger partial charge >= 0.3 is 6.09 Å². The molecular formula is C13H25NO5S. The molecule has 1 amide bonds. The molecule has 6 nitrogen and oxygen atoms in total. The van der Waals surface area contributed by atoms with Gasteiger partial charge in [-0.05, 0) is 40.5 Å². The summed E-state index contributed by atoms with van der Waals surface area (Å²) >= 11 is 0. The fraction of sp³-hybridized carbons (Fsp3) is 0.923. The minimum atomic E-state index is -3.42. The second kappa shape index (κ2) is 6.76. The Hall–Kier alpha value is -0.820. The molecule has 1 rings (SSSR count). The zero-order valence-electron chi connectivity index (χ0n) is 12.7. The highest BCUT2D eigenvalue weighted by molar-refractivity contribution is 7.86. The third-order valence-electron chi connectivity index (χ3n) is 3.01. The topological polar surface area (TPSA) is 72.9 Å². The van der Waals surface area contributed by atoms with Crippen molar-refractivity contribution in [2.75, 3.05) is 25.4 Å². The Morgan fingerprint density at radius 2 is 2.00 bits per heavy atom. The van der Waals surface area contributed by atoms with E-state index in [2.05, 4.69) is 0 Å². The van der Waals surface area contributed by atoms with Gasteiger partial charge in [-0.1, -0.05) is 0 Å². The summed E-state index contributed by atoms with van der Waals surface area (Å²) in [5, 5.41) is 0. The fourth-order valence-electron chi connectivity index (χ4n) is 1.98. The Labute approximate surface area is 121 Å². The molecule has 20 heavy (non-hydrogen) atoms. The standard InChI is InChI=1S/C13H25NO5S/c1-5-20(16,17)18-10-11-7-6-8-14(9-11)12(15)19-13(2,3)4/h11H,5-10H2,1-4H3/t11-/m0/s1. The molecule has 0 N–H and O–H groups in total. The first-order chi connectivity index (χ1) is 9.13. The number of nitrogens with zero attached hydrogens (tertiary/aromatic N) is 1. The van der Waals surface area contributed by atoms with Crippen LogP contribution >= 0.6 is 0 Å². The zero-order chi connectivity index (χ0) is 15.4. The SMILES string of the molecule is CCS(=O)(=O)OC[C@H]1CCCN(C(=O)OC(C)(C)C)C1. The lowest BCUT2D eigenvalue weighted by Gasteiger charge is -2.33. The van der Waals surface area contributed by atoms with Crippen LogP contribution in [0.5, 0.6) is 0 Å². The lowest BCUT2D eigenvalue weighted by molar-refractivity contribution is 0.0142. The van der Waals surface area contributed by atoms with Crippen molar-refractivity contribution in [2.24, 2.45) is 5.92 Å². The average Bonchev–Trinajstić information content (AvgIpc) is 2.35. The molecule has 7 heteroatoms. The molecule has 1 atom stereocenters. The van der Waals surface area contributed by atoms with Gasteiger partial charge in [0.05, 0.1) is 12.4 Å². The van der Waals surface area contributed by atoms with Crippen LogP contribution in [0.1, 0.15) is 40.5 Å². The van der Waals surface area contributed by atoms with E-state index in [1.54, 1.807) is 11.8 Å². The van der Waals surface area contributed by atoms with Crippen molar-refractivity contribution >= 4 is 16.2 Å². The van der Waals surface area contributed by atoms with Crippen LogP contribution in [0, 0.1) is 5.92 Å². The predicted octanol–water partition coefficient (Wildman–Crippen LogP) is 2.00. The van der Waals surface area contributed by atoms with E-state index in [0.29, 0.717) is 13.1 Å². The van der Waals surface area contributed by atoms with Crippen LogP contribution in [0.2, 0.25) is 0 Å². The summed E-state index contributed by atoms with van der Waals surface area (Å²) < 4.78 is 32.9. The number of carbonyl (C=O) groups is 1. The molecule has 1 heterocycles. The van der Waals surface area contributed by atoms with E-state index in [1.807, 2.05) is 20.8 Å². The largest absolute Gasteiger partial charge is 0.444 e. The number of hydrogen-bond donors (Lipinski definition) is 0. The van der Waals surface area contributed by atoms with Crippen molar-refractivity contribution in [3.8, 4) is 0 Å². The smallest absolute Gasteiger partial charge is 0.410 e. The third-order valence-corrected chi connectivity index (χ3v) is 4.21. The maximum atomic E-state index is 12.0. The van der Waals surface area contributed by atoms with Crippen LogP contribution < -0.4 is 0 Å². The number of carbonyl (C=O) groups excluding carboxylic acids is 1. The molecule has 0 spiro atoms. The van der Waals surface area contributed by atoms with Gasteiger partial charge in [0.25, 0.3) is 10.1 Å². The Morgan fingerprint density at radius 3 is 2.55 bits per heavy atom. The normalized spacial score (nSPS) is 20.8. The molecule has 1 fully saturated rings. The van der Waals surface area contributed by atoms with Crippen LogP contribution in [0.25, 0.3) is 0 Å². The first-order valence-electron chi connectivity index (χ1n) is 6.98. The van der Waals surface area contributed by atoms with Crippen molar-refractivity contribution in [2.45, 2.75) is 46.1 Å². The van der Waals surface area contributed by atoms with Crippen molar-refractivity contribution in [3.63, 3.8) is 0 Å². The summed E-state index contributed by atoms with van der Waals surface area (Å²) in [6.07, 6.45) is 1.35. The summed E-state index contributed by atoms with van der Waals surface area (Å²) in [7, 11) is -3.42. The molecule has 0 aromatic heterocycles. The molecule has 0 aromatic rings. The molecule has 1 saturated heterocycles. The Morgan fingerprint density at radius 1 is 1.35 bits per heavy atom. The van der Waals surface area contributed by atoms with Crippen LogP contribution in [0.3, 0.4) is 0 Å². The summed E-state index contributed by atoms with van der Waals surface area (Å²) in [4.78, 5) is 13.6. The summed E-state index contributed by atoms with van der Waals surface area (Å²) in [5.74, 6) is 0.00720. The Balaban J connectivity index is 2.48. The molecule has 0 aliphatic carbocycles. The van der Waals surface area contributed by atoms with Crippen molar-refractivity contribution in [1.29, 1.82) is 0 Å². The van der Waals surface area contributed by atoms with Gasteiger partial charge in [0.1, 0.15) is 5.60 Å². The van der Waals surface area contributed by atoms with Gasteiger partial charge in [-0.15, -0.1) is 0 Å². The van der Waals surface area contributed by atoms with Crippen molar-refractivity contribution < 1.29 is 22.1 Å². The molecule has 118 valence electrons. The van der Waals surface area contributed by atoms with Gasteiger partial charge in [0.2, 0.25) is 0 Å². The second-order valence-corrected chi connectivity index (χ2v) is 7.99. The Kier molecular flexibility index (Phi) is 5.82. The molecule has 0 radical (unpaired) electrons. The Bertz CT molecular complexity index is 427. The minimum absolute atomic E-state index is 0.0322. The molecular weight excluding hydrogens is 282 g/mol. The van der Waals surface area contributed by atoms with E-state index >= 15 is 0 Å². The number of ether oxygens (including phenoxy) is 1. The van der Waals surface area contributed by atoms with Crippen LogP contribution in [-0.2, 0) is 19.0 Å². The van der Waals surface area contributed by atoms with E-state index in [4.69, 9.17) is 8.92 Å². The van der Waals surface area contributed by atoms with Crippen molar-refractivity contribution in [3.05, 3.63) is 0 Å². The molecule has 1 aliphatic heterocycles. The highest BCUT2D eigenvalue weighted by Gasteiger charge is 2.28. The average molecular weight is 307 g/mol. The first kappa shape index (κ1) is 17.2. The molecule has 0 aromatic carbocycles. The van der Waals surface area contributed by atoms with Gasteiger partial charge in [-0.25, -0.2) is 4.79 Å². The molecule has 1 aliphatic rings. The lowest BCUT2D eigenvalue weighted by Crippen LogP contribution is -2.44. The molecule has 0 saturated carbocycles. The van der Waals surface area contributed by atoms with Crippen molar-refractivity contribution in [1.82, 2.24) is 4.90 Å². The maximum Gasteiger partial charge on any atom is 0.410 e. The number of rotatable bonds is 4. The van der Waals surface area contributed by atoms with E-state index < -0.39 is 15.7 Å². The number of piperidine rings is 1. The van der Waals surface area contributed by atoms with Gasteiger partial charge in [-0.2, -0.15) is 8.42 Å². The van der Waals surface area contributed by atoms with Gasteiger partial charge in [0, 0.05) is 19.0 Å². The van der Waals surface area contributed by atoms with Crippen LogP contribution in [-0.4, -0.2) is 50.5 Å². The van der Waals surface area contributed by atoms with E-state index in [0.717, 1.165) is 12.8 Å². The zero-order valence-corrected chi connectivity index (χ0v) is 13.5. The van der Waals surface area contributed by atoms with E-state index in [9.17, 15) is 13.2 Å². The van der Waals surface area contributed by atoms with Gasteiger partial charge < -0.3 is 9.64 Å². The number of hydrogen-bond acceptors (Lipinski definition) is 5. The first-order valence-corrected chi connectivity index (χ1v) is 8.55. The summed E-state index contributed by atoms with van der Waals surface area (Å²) in [6, 6.07) is 0. The molecule has 0 bridgehead atoms. The number of amides is 1. The second-order valence-electron chi connectivity index (χ2n) is 6.07. The lowest BCUT2D eigenvalue weighted by atomic mass is 9.99. The predicted molar refractivity (Wildman–Crippen MR) is 75.9 cm³/mol. The van der Waals surface area contributed by atoms with E-state index in [1.165, 1.54) is 0 Å². The van der Waals surface area contributed by atoms with E-state index in [-0.39, 0.29) is 24.4 Å². The summed E-state index contributed by atoms with van der Waals surface area (Å²) in [6.45, 7) is 8.27. The quantitative estimate of drug-likeness (QED) is 0.743. The highest BCUT2D eigenvalue weighted by atomic mass is 32.2. The minimum Gasteiger partial charge on any atom is -0.444 e. The maximum absolute atomic E-state index is 12.0. The van der Waals surface area contributed by atoms with Gasteiger partial charge in [-0.3, -0.25) is 4.18 Å². The van der Waals surface area contributed by atoms with Crippen LogP contribution in [0.15, 0.2) is 0 Å². The monoisotopic (exact) mass is 307 g/mol. The highest BCUT2D eigenvalue weighted by Crippen LogP contribution is 2.20. The summed E-state index contributed by atoms with van der Waals surface area (Å²) in [5.41, 5.74) is -0.522. The fourth-order valence-corrected chi connectivity index (χ4v) is 2.54.